The molecule has 0 heterocycles. The molecule has 0 aliphatic rings. The minimum atomic E-state index is 0. The van der Waals surface area contributed by atoms with Crippen molar-refractivity contribution in [2.75, 3.05) is 0 Å². The molecule has 0 saturated carbocycles. The number of hydrogen-bond acceptors (Lipinski definition) is 0. The molecule has 0 N–H and O–H groups in total. The molecule has 2 radical (unpaired) electrons. The van der Waals surface area contributed by atoms with E-state index in [0.717, 1.165) is 6.42 Å². The van der Waals surface area contributed by atoms with Crippen molar-refractivity contribution in [2.45, 2.75) is 91.9 Å². The Hall–Kier alpha value is -2.22. The van der Waals surface area contributed by atoms with Gasteiger partial charge in [-0.1, -0.05) is 127 Å². The number of fused-ring (bicyclic) bond motifs is 2. The molecule has 3 unspecified atom stereocenters. The molecule has 0 bridgehead atoms. The Morgan fingerprint density at radius 2 is 0.940 bits per heavy atom. The minimum absolute atomic E-state index is 0. The Balaban J connectivity index is 0.000000853. The first-order chi connectivity index (χ1) is 22.4. The van der Waals surface area contributed by atoms with Crippen LogP contribution in [0.25, 0.3) is 43.8 Å². The molecule has 6 aromatic carbocycles. The van der Waals surface area contributed by atoms with Gasteiger partial charge >= 0.3 is 30.2 Å². The van der Waals surface area contributed by atoms with Crippen molar-refractivity contribution in [3.8, 4) is 22.3 Å². The van der Waals surface area contributed by atoms with Crippen molar-refractivity contribution in [1.82, 2.24) is 0 Å². The molecule has 0 saturated heterocycles. The predicted molar refractivity (Wildman–Crippen MR) is 229 cm³/mol. The van der Waals surface area contributed by atoms with Crippen molar-refractivity contribution in [1.29, 1.82) is 0 Å². The van der Waals surface area contributed by atoms with Gasteiger partial charge in [0.1, 0.15) is 0 Å². The maximum absolute atomic E-state index is 3.06. The molecule has 0 aliphatic heterocycles. The SMILES string of the molecule is CCC(C)c1ccc(-c2cccc3[cH-]c(C(C)CC)cc23)cc1.CCc1cc2c(-c3ccc(C(C)CC)cc3)cccc2[cH-]1.Cl.Cl.[CH3-].[CH3-].[Si]=[Zr]. The number of aryl methyl sites for hydroxylation is 1. The van der Waals surface area contributed by atoms with Crippen LogP contribution in [0.5, 0.6) is 0 Å². The molecule has 0 fully saturated rings. The summed E-state index contributed by atoms with van der Waals surface area (Å²) < 4.78 is 0. The Labute approximate surface area is 334 Å². The fourth-order valence-corrected chi connectivity index (χ4v) is 6.24. The van der Waals surface area contributed by atoms with Crippen LogP contribution in [0.1, 0.15) is 108 Å². The van der Waals surface area contributed by atoms with Crippen molar-refractivity contribution in [3.63, 3.8) is 0 Å². The van der Waals surface area contributed by atoms with E-state index in [9.17, 15) is 0 Å². The zero-order chi connectivity index (χ0) is 33.2. The third-order valence-electron chi connectivity index (χ3n) is 9.98. The molecular weight excluding hydrogens is 743 g/mol. The van der Waals surface area contributed by atoms with Gasteiger partial charge < -0.3 is 14.9 Å². The summed E-state index contributed by atoms with van der Waals surface area (Å²) in [6.45, 7) is 18.9. The van der Waals surface area contributed by atoms with Crippen molar-refractivity contribution in [2.24, 2.45) is 0 Å². The maximum atomic E-state index is 3.06. The Morgan fingerprint density at radius 3 is 1.34 bits per heavy atom. The van der Waals surface area contributed by atoms with Crippen LogP contribution in [-0.2, 0) is 29.8 Å². The molecule has 0 aromatic heterocycles. The van der Waals surface area contributed by atoms with Crippen LogP contribution in [0.15, 0.2) is 109 Å². The molecule has 0 amide bonds. The summed E-state index contributed by atoms with van der Waals surface area (Å²) in [5.41, 5.74) is 11.1. The number of hydrogen-bond donors (Lipinski definition) is 0. The first-order valence-corrected chi connectivity index (χ1v) is 21.4. The molecule has 0 spiro atoms. The molecule has 0 nitrogen and oxygen atoms in total. The molecule has 6 rings (SSSR count). The number of benzene rings is 4. The number of halogens is 2. The first-order valence-electron chi connectivity index (χ1n) is 17.2. The second-order valence-electron chi connectivity index (χ2n) is 12.8. The summed E-state index contributed by atoms with van der Waals surface area (Å²) in [5, 5.41) is 5.49. The second-order valence-corrected chi connectivity index (χ2v) is 12.8. The third kappa shape index (κ3) is 11.4. The van der Waals surface area contributed by atoms with Crippen LogP contribution in [-0.4, -0.2) is 6.88 Å². The fraction of sp³-hybridized carbons (Fsp3) is 0.304. The van der Waals surface area contributed by atoms with Crippen LogP contribution in [0, 0.1) is 14.9 Å². The van der Waals surface area contributed by atoms with Crippen LogP contribution >= 0.6 is 24.8 Å². The van der Waals surface area contributed by atoms with E-state index in [-0.39, 0.29) is 39.7 Å². The topological polar surface area (TPSA) is 0 Å². The summed E-state index contributed by atoms with van der Waals surface area (Å²) in [6.07, 6.45) is 4.67. The molecule has 268 valence electrons. The summed E-state index contributed by atoms with van der Waals surface area (Å²) in [6, 6.07) is 41.0. The van der Waals surface area contributed by atoms with Gasteiger partial charge in [-0.25, -0.2) is 0 Å². The van der Waals surface area contributed by atoms with Gasteiger partial charge in [0, 0.05) is 0 Å². The van der Waals surface area contributed by atoms with Gasteiger partial charge in [0.05, 0.1) is 0 Å². The van der Waals surface area contributed by atoms with E-state index in [4.69, 9.17) is 0 Å². The van der Waals surface area contributed by atoms with Crippen molar-refractivity contribution >= 4 is 53.2 Å². The Bertz CT molecular complexity index is 1810. The van der Waals surface area contributed by atoms with E-state index in [1.54, 1.807) is 0 Å². The molecule has 0 aliphatic carbocycles. The van der Waals surface area contributed by atoms with Gasteiger partial charge in [-0.2, -0.15) is 12.1 Å². The standard InChI is InChI=1S/C23H27.C21H23.2CH3.2ClH.Si.Zr/c1-5-16(3)18-10-12-19(13-11-18)22-9-7-8-20-14-21(15-23(20)22)17(4)6-2;1-4-15(3)17-9-11-18(12-10-17)20-8-6-7-19-13-16(5-2)14-21(19)20;;;;;;/h7-17H,5-6H2,1-4H3;6-15H,4-5H2,1-3H3;2*1H3;2*1H;;/q4*-1;;;;. The summed E-state index contributed by atoms with van der Waals surface area (Å²) >= 11 is 1.36. The van der Waals surface area contributed by atoms with E-state index in [1.165, 1.54) is 109 Å². The van der Waals surface area contributed by atoms with E-state index < -0.39 is 0 Å². The first kappa shape index (κ1) is 47.8. The van der Waals surface area contributed by atoms with Gasteiger partial charge in [0.2, 0.25) is 0 Å². The quantitative estimate of drug-likeness (QED) is 0.101. The van der Waals surface area contributed by atoms with E-state index in [1.807, 2.05) is 0 Å². The van der Waals surface area contributed by atoms with Crippen LogP contribution in [0.3, 0.4) is 0 Å². The third-order valence-corrected chi connectivity index (χ3v) is 9.98. The zero-order valence-electron chi connectivity index (χ0n) is 31.8. The monoisotopic (exact) mass is 798 g/mol. The average Bonchev–Trinajstić information content (AvgIpc) is 3.76. The van der Waals surface area contributed by atoms with Crippen LogP contribution in [0.2, 0.25) is 0 Å². The summed E-state index contributed by atoms with van der Waals surface area (Å²) in [7, 11) is 0. The van der Waals surface area contributed by atoms with E-state index in [2.05, 4.69) is 165 Å². The van der Waals surface area contributed by atoms with E-state index in [0.29, 0.717) is 17.8 Å². The predicted octanol–water partition coefficient (Wildman–Crippen LogP) is 14.9. The van der Waals surface area contributed by atoms with Gasteiger partial charge in [-0.3, -0.25) is 0 Å². The van der Waals surface area contributed by atoms with Gasteiger partial charge in [-0.15, -0.1) is 93.9 Å². The van der Waals surface area contributed by atoms with Crippen molar-refractivity contribution < 1.29 is 23.3 Å². The molecule has 6 aromatic rings. The van der Waals surface area contributed by atoms with Crippen LogP contribution < -0.4 is 0 Å². The summed E-state index contributed by atoms with van der Waals surface area (Å²) in [5.74, 6) is 1.90. The second kappa shape index (κ2) is 23.4. The molecule has 50 heavy (non-hydrogen) atoms. The van der Waals surface area contributed by atoms with Crippen molar-refractivity contribution in [3.05, 3.63) is 146 Å². The van der Waals surface area contributed by atoms with Gasteiger partial charge in [0.25, 0.3) is 0 Å². The molecule has 3 atom stereocenters. The van der Waals surface area contributed by atoms with E-state index >= 15 is 0 Å². The average molecular weight is 801 g/mol. The Kier molecular flexibility index (Phi) is 22.3. The Morgan fingerprint density at radius 1 is 0.540 bits per heavy atom. The van der Waals surface area contributed by atoms with Gasteiger partial charge in [-0.05, 0) is 59.3 Å². The molecule has 4 heteroatoms. The fourth-order valence-electron chi connectivity index (χ4n) is 6.24. The zero-order valence-corrected chi connectivity index (χ0v) is 36.9. The normalized spacial score (nSPS) is 11.9. The molecular formula is C46H58Cl2SiZr-4. The summed E-state index contributed by atoms with van der Waals surface area (Å²) in [4.78, 5) is 0. The van der Waals surface area contributed by atoms with Crippen LogP contribution in [0.4, 0.5) is 0 Å². The number of rotatable bonds is 9. The van der Waals surface area contributed by atoms with Gasteiger partial charge in [0.15, 0.2) is 0 Å².